The molecule has 2 fully saturated rings. The molecule has 2 heterocycles. The third kappa shape index (κ3) is 14.2. The van der Waals surface area contributed by atoms with Gasteiger partial charge in [-0.2, -0.15) is 0 Å². The van der Waals surface area contributed by atoms with Crippen LogP contribution in [0.4, 0.5) is 24.1 Å². The summed E-state index contributed by atoms with van der Waals surface area (Å²) in [6.45, 7) is 10.3. The van der Waals surface area contributed by atoms with E-state index < -0.39 is 65.6 Å². The van der Waals surface area contributed by atoms with E-state index in [1.165, 1.54) is 75.7 Å². The highest BCUT2D eigenvalue weighted by Crippen LogP contribution is 2.48. The Morgan fingerprint density at radius 2 is 1.50 bits per heavy atom. The predicted molar refractivity (Wildman–Crippen MR) is 270 cm³/mol. The topological polar surface area (TPSA) is 164 Å². The highest BCUT2D eigenvalue weighted by atomic mass is 33.1. The number of rotatable bonds is 21. The number of cyclic esters (lactones) is 1. The molecule has 13 nitrogen and oxygen atoms in total. The van der Waals surface area contributed by atoms with Crippen molar-refractivity contribution in [2.24, 2.45) is 35.0 Å². The summed E-state index contributed by atoms with van der Waals surface area (Å²) in [6, 6.07) is 17.4. The van der Waals surface area contributed by atoms with Crippen LogP contribution in [0.3, 0.4) is 0 Å². The van der Waals surface area contributed by atoms with E-state index >= 15 is 0 Å². The van der Waals surface area contributed by atoms with Gasteiger partial charge in [0.15, 0.2) is 0 Å². The summed E-state index contributed by atoms with van der Waals surface area (Å²) in [4.78, 5) is 66.0. The second-order valence-corrected chi connectivity index (χ2v) is 22.4. The number of nitrogens with zero attached hydrogens (tertiary/aromatic N) is 1. The third-order valence-electron chi connectivity index (χ3n) is 14.2. The molecular weight excluding hydrogens is 969 g/mol. The van der Waals surface area contributed by atoms with Gasteiger partial charge in [0.1, 0.15) is 48.9 Å². The van der Waals surface area contributed by atoms with E-state index in [1.54, 1.807) is 29.2 Å². The summed E-state index contributed by atoms with van der Waals surface area (Å²) in [5.41, 5.74) is 2.42. The first-order valence-electron chi connectivity index (χ1n) is 24.8. The molecule has 2 unspecified atom stereocenters. The standard InChI is InChI=1S/C55H65F2NO12S2/c1-6-55(4,5)52(62)70-47-30-33(2)29-37-8-7-34(3)44(49(37)47)22-21-42-31-43(32-48(60)67-42)69-54(64)66-26-28-72-71-27-25-65-53(63)68-41-19-11-36(12-20-41)50-45(23-24-46(59)35-9-13-38(56)14-10-35)51(61)58(50)40-17-15-39(57)16-18-40/h7-20,29,33-34,42-47,49-50,59H,6,21-28,30-32H2,1-5H3/t33-,34-,42+,43+,44-,45+,46-,47-,49?,50?/m0/s1. The van der Waals surface area contributed by atoms with E-state index in [0.29, 0.717) is 48.4 Å². The fourth-order valence-electron chi connectivity index (χ4n) is 9.91. The molecule has 4 aliphatic rings. The van der Waals surface area contributed by atoms with Crippen LogP contribution in [0, 0.1) is 46.6 Å². The Kier molecular flexibility index (Phi) is 18.9. The molecule has 2 aliphatic carbocycles. The normalized spacial score (nSPS) is 25.2. The van der Waals surface area contributed by atoms with E-state index in [2.05, 4.69) is 32.1 Å². The number of β-lactam (4-membered cyclic amide) rings is 1. The molecule has 3 aromatic rings. The number of ether oxygens (including phenoxy) is 6. The minimum Gasteiger partial charge on any atom is -0.462 e. The van der Waals surface area contributed by atoms with Crippen molar-refractivity contribution >= 4 is 57.4 Å². The first kappa shape index (κ1) is 54.4. The van der Waals surface area contributed by atoms with Crippen LogP contribution in [0.1, 0.15) is 109 Å². The molecule has 388 valence electrons. The van der Waals surface area contributed by atoms with E-state index in [-0.39, 0.29) is 73.5 Å². The van der Waals surface area contributed by atoms with Crippen molar-refractivity contribution in [3.8, 4) is 5.75 Å². The second-order valence-electron chi connectivity index (χ2n) is 19.7. The van der Waals surface area contributed by atoms with Gasteiger partial charge in [0.2, 0.25) is 5.91 Å². The van der Waals surface area contributed by atoms with Crippen molar-refractivity contribution in [3.63, 3.8) is 0 Å². The number of hydrogen-bond acceptors (Lipinski definition) is 14. The van der Waals surface area contributed by atoms with Crippen LogP contribution >= 0.6 is 21.6 Å². The van der Waals surface area contributed by atoms with Gasteiger partial charge in [-0.25, -0.2) is 18.4 Å². The number of carbonyl (C=O) groups excluding carboxylic acids is 5. The number of amides is 1. The summed E-state index contributed by atoms with van der Waals surface area (Å²) in [6.07, 6.45) is 6.29. The first-order valence-corrected chi connectivity index (χ1v) is 27.3. The van der Waals surface area contributed by atoms with Gasteiger partial charge in [0.05, 0.1) is 29.9 Å². The number of esters is 2. The molecular formula is C55H65F2NO12S2. The second kappa shape index (κ2) is 25.0. The van der Waals surface area contributed by atoms with E-state index in [1.807, 2.05) is 20.8 Å². The fraction of sp³-hybridized carbons (Fsp3) is 0.509. The molecule has 2 saturated heterocycles. The summed E-state index contributed by atoms with van der Waals surface area (Å²) in [5, 5.41) is 10.8. The number of anilines is 1. The monoisotopic (exact) mass is 1030 g/mol. The molecule has 10 atom stereocenters. The summed E-state index contributed by atoms with van der Waals surface area (Å²) >= 11 is 0. The van der Waals surface area contributed by atoms with E-state index in [9.17, 15) is 37.9 Å². The quantitative estimate of drug-likeness (QED) is 0.0268. The molecule has 0 aromatic heterocycles. The Hall–Kier alpha value is -5.39. The maximum Gasteiger partial charge on any atom is 0.513 e. The van der Waals surface area contributed by atoms with Gasteiger partial charge in [-0.05, 0) is 135 Å². The highest BCUT2D eigenvalue weighted by Gasteiger charge is 2.49. The number of halogens is 2. The average molecular weight is 1030 g/mol. The molecule has 0 spiro atoms. The van der Waals surface area contributed by atoms with Crippen LogP contribution in [-0.4, -0.2) is 78.3 Å². The molecule has 0 bridgehead atoms. The van der Waals surface area contributed by atoms with Gasteiger partial charge in [0.25, 0.3) is 0 Å². The van der Waals surface area contributed by atoms with Gasteiger partial charge in [-0.15, -0.1) is 0 Å². The zero-order valence-electron chi connectivity index (χ0n) is 41.4. The van der Waals surface area contributed by atoms with Gasteiger partial charge in [-0.1, -0.05) is 84.9 Å². The lowest BCUT2D eigenvalue weighted by Gasteiger charge is -2.48. The maximum atomic E-state index is 13.8. The number of benzene rings is 3. The SMILES string of the molecule is CCC(C)(C)C(=O)O[C@H]1C[C@@H](C)C=C2C=C[C@H](C)[C@H](CC[C@@H]3C[C@@H](OC(=O)OCCSSCCOC(=O)Oc4ccc(C5[C@@H](CC[C@H](O)c6ccc(F)cc6)C(=O)N5c5ccc(F)cc5)cc4)CC(=O)O3)C21. The summed E-state index contributed by atoms with van der Waals surface area (Å²) in [7, 11) is 2.83. The molecule has 2 aliphatic heterocycles. The van der Waals surface area contributed by atoms with Gasteiger partial charge >= 0.3 is 24.2 Å². The molecule has 72 heavy (non-hydrogen) atoms. The lowest BCUT2D eigenvalue weighted by Crippen LogP contribution is -2.55. The number of allylic oxidation sites excluding steroid dienone is 3. The van der Waals surface area contributed by atoms with Gasteiger partial charge < -0.3 is 38.4 Å². The van der Waals surface area contributed by atoms with Crippen molar-refractivity contribution in [2.75, 3.05) is 29.6 Å². The maximum absolute atomic E-state index is 13.8. The van der Waals surface area contributed by atoms with Gasteiger partial charge in [-0.3, -0.25) is 14.4 Å². The number of fused-ring (bicyclic) bond motifs is 1. The number of aliphatic hydroxyl groups excluding tert-OH is 1. The fourth-order valence-corrected chi connectivity index (χ4v) is 11.6. The molecule has 0 saturated carbocycles. The lowest BCUT2D eigenvalue weighted by molar-refractivity contribution is -0.166. The number of hydrogen-bond donors (Lipinski definition) is 1. The van der Waals surface area contributed by atoms with Crippen molar-refractivity contribution in [1.82, 2.24) is 0 Å². The van der Waals surface area contributed by atoms with Crippen LogP contribution in [0.5, 0.6) is 5.75 Å². The Balaban J connectivity index is 0.791. The molecule has 1 N–H and O–H groups in total. The Morgan fingerprint density at radius 1 is 0.847 bits per heavy atom. The zero-order valence-corrected chi connectivity index (χ0v) is 43.0. The van der Waals surface area contributed by atoms with Crippen molar-refractivity contribution in [2.45, 2.75) is 116 Å². The van der Waals surface area contributed by atoms with Crippen LogP contribution in [-0.2, 0) is 38.1 Å². The first-order chi connectivity index (χ1) is 34.5. The summed E-state index contributed by atoms with van der Waals surface area (Å²) in [5.74, 6) is -0.347. The van der Waals surface area contributed by atoms with E-state index in [4.69, 9.17) is 28.4 Å². The van der Waals surface area contributed by atoms with Crippen molar-refractivity contribution < 1.29 is 66.3 Å². The smallest absolute Gasteiger partial charge is 0.462 e. The third-order valence-corrected chi connectivity index (χ3v) is 16.5. The molecule has 1 amide bonds. The molecule has 17 heteroatoms. The molecule has 0 radical (unpaired) electrons. The Labute approximate surface area is 428 Å². The van der Waals surface area contributed by atoms with Crippen LogP contribution in [0.2, 0.25) is 0 Å². The van der Waals surface area contributed by atoms with Crippen LogP contribution in [0.15, 0.2) is 96.6 Å². The Bertz CT molecular complexity index is 2420. The molecule has 3 aromatic carbocycles. The lowest BCUT2D eigenvalue weighted by atomic mass is 9.65. The minimum absolute atomic E-state index is 0.0414. The Morgan fingerprint density at radius 3 is 2.17 bits per heavy atom. The van der Waals surface area contributed by atoms with E-state index in [0.717, 1.165) is 18.4 Å². The summed E-state index contributed by atoms with van der Waals surface area (Å²) < 4.78 is 60.6. The van der Waals surface area contributed by atoms with Crippen molar-refractivity contribution in [1.29, 1.82) is 0 Å². The van der Waals surface area contributed by atoms with Crippen LogP contribution < -0.4 is 9.64 Å². The zero-order chi connectivity index (χ0) is 51.5. The molecule has 7 rings (SSSR count). The highest BCUT2D eigenvalue weighted by molar-refractivity contribution is 8.76. The predicted octanol–water partition coefficient (Wildman–Crippen LogP) is 11.8. The number of carbonyl (C=O) groups is 5. The van der Waals surface area contributed by atoms with Crippen molar-refractivity contribution in [3.05, 3.63) is 119 Å². The van der Waals surface area contributed by atoms with Gasteiger partial charge in [0, 0.05) is 29.5 Å². The largest absolute Gasteiger partial charge is 0.513 e. The minimum atomic E-state index is -0.901. The number of aliphatic hydroxyl groups is 1. The average Bonchev–Trinajstić information content (AvgIpc) is 3.34. The van der Waals surface area contributed by atoms with Crippen LogP contribution in [0.25, 0.3) is 0 Å².